The quantitative estimate of drug-likeness (QED) is 0.910. The molecule has 0 aromatic carbocycles. The van der Waals surface area contributed by atoms with Crippen molar-refractivity contribution < 1.29 is 4.74 Å². The Balaban J connectivity index is 1.69. The third-order valence-electron chi connectivity index (χ3n) is 4.58. The van der Waals surface area contributed by atoms with Crippen LogP contribution in [-0.2, 0) is 11.3 Å². The number of anilines is 1. The number of nitrogens with two attached hydrogens (primary N) is 1. The zero-order chi connectivity index (χ0) is 13.5. The van der Waals surface area contributed by atoms with Gasteiger partial charge in [0.25, 0.3) is 0 Å². The second-order valence-electron chi connectivity index (χ2n) is 6.37. The van der Waals surface area contributed by atoms with Gasteiger partial charge in [0.15, 0.2) is 5.82 Å². The van der Waals surface area contributed by atoms with E-state index in [0.717, 1.165) is 18.7 Å². The van der Waals surface area contributed by atoms with Crippen LogP contribution in [0.4, 0.5) is 5.82 Å². The Labute approximate surface area is 114 Å². The monoisotopic (exact) mass is 264 g/mol. The predicted octanol–water partition coefficient (Wildman–Crippen LogP) is 2.48. The molecule has 2 fully saturated rings. The molecule has 0 radical (unpaired) electrons. The number of nitrogens with zero attached hydrogens (tertiary/aromatic N) is 3. The van der Waals surface area contributed by atoms with Crippen LogP contribution in [0.25, 0.3) is 0 Å². The minimum Gasteiger partial charge on any atom is -0.381 e. The summed E-state index contributed by atoms with van der Waals surface area (Å²) in [6, 6.07) is 0. The van der Waals surface area contributed by atoms with Crippen molar-refractivity contribution in [3.8, 4) is 0 Å². The van der Waals surface area contributed by atoms with Crippen molar-refractivity contribution in [2.24, 2.45) is 0 Å². The molecule has 1 aromatic heterocycles. The van der Waals surface area contributed by atoms with Crippen LogP contribution in [0, 0.1) is 0 Å². The first-order valence-electron chi connectivity index (χ1n) is 7.46. The molecule has 1 saturated carbocycles. The molecule has 1 aromatic rings. The van der Waals surface area contributed by atoms with E-state index in [1.54, 1.807) is 0 Å². The van der Waals surface area contributed by atoms with Gasteiger partial charge < -0.3 is 10.5 Å². The van der Waals surface area contributed by atoms with Crippen LogP contribution in [-0.4, -0.2) is 26.7 Å². The van der Waals surface area contributed by atoms with Gasteiger partial charge in [-0.3, -0.25) is 0 Å². The molecule has 5 nitrogen and oxygen atoms in total. The molecular formula is C14H24N4O. The Morgan fingerprint density at radius 1 is 1.37 bits per heavy atom. The summed E-state index contributed by atoms with van der Waals surface area (Å²) < 4.78 is 8.27. The molecule has 5 heteroatoms. The number of rotatable bonds is 3. The van der Waals surface area contributed by atoms with Gasteiger partial charge in [-0.2, -0.15) is 0 Å². The summed E-state index contributed by atoms with van der Waals surface area (Å²) in [7, 11) is 0. The summed E-state index contributed by atoms with van der Waals surface area (Å²) in [4.78, 5) is 0. The van der Waals surface area contributed by atoms with Crippen LogP contribution in [0.1, 0.15) is 64.0 Å². The highest BCUT2D eigenvalue weighted by Gasteiger charge is 2.42. The third-order valence-corrected chi connectivity index (χ3v) is 4.58. The summed E-state index contributed by atoms with van der Waals surface area (Å²) in [6.07, 6.45) is 7.73. The molecule has 1 aliphatic carbocycles. The van der Waals surface area contributed by atoms with Crippen molar-refractivity contribution in [1.29, 1.82) is 0 Å². The van der Waals surface area contributed by atoms with Crippen LogP contribution in [0.2, 0.25) is 0 Å². The van der Waals surface area contributed by atoms with E-state index in [9.17, 15) is 0 Å². The minimum absolute atomic E-state index is 0.189. The maximum Gasteiger partial charge on any atom is 0.169 e. The Morgan fingerprint density at radius 3 is 2.79 bits per heavy atom. The topological polar surface area (TPSA) is 66.0 Å². The molecule has 2 N–H and O–H groups in total. The molecular weight excluding hydrogens is 240 g/mol. The lowest BCUT2D eigenvalue weighted by atomic mass is 9.98. The molecule has 2 heterocycles. The van der Waals surface area contributed by atoms with E-state index in [4.69, 9.17) is 10.5 Å². The van der Waals surface area contributed by atoms with Crippen molar-refractivity contribution in [3.05, 3.63) is 5.69 Å². The molecule has 3 rings (SSSR count). The summed E-state index contributed by atoms with van der Waals surface area (Å²) in [5, 5.41) is 8.18. The average molecular weight is 264 g/mol. The number of ether oxygens (including phenoxy) is 1. The fraction of sp³-hybridized carbons (Fsp3) is 0.857. The Bertz CT molecular complexity index is 448. The first-order chi connectivity index (χ1) is 9.10. The van der Waals surface area contributed by atoms with E-state index in [1.165, 1.54) is 32.1 Å². The molecule has 19 heavy (non-hydrogen) atoms. The van der Waals surface area contributed by atoms with Gasteiger partial charge in [-0.25, -0.2) is 4.68 Å². The van der Waals surface area contributed by atoms with E-state index in [-0.39, 0.29) is 11.7 Å². The average Bonchev–Trinajstić information content (AvgIpc) is 3.04. The van der Waals surface area contributed by atoms with Crippen molar-refractivity contribution in [2.75, 3.05) is 5.73 Å². The summed E-state index contributed by atoms with van der Waals surface area (Å²) >= 11 is 0. The molecule has 0 amide bonds. The van der Waals surface area contributed by atoms with Gasteiger partial charge in [-0.15, -0.1) is 5.10 Å². The van der Waals surface area contributed by atoms with Crippen LogP contribution in [0.3, 0.4) is 0 Å². The van der Waals surface area contributed by atoms with Crippen LogP contribution < -0.4 is 5.73 Å². The smallest absolute Gasteiger partial charge is 0.169 e. The Morgan fingerprint density at radius 2 is 2.11 bits per heavy atom. The van der Waals surface area contributed by atoms with E-state index >= 15 is 0 Å². The fourth-order valence-electron chi connectivity index (χ4n) is 3.67. The molecule has 2 aliphatic rings. The van der Waals surface area contributed by atoms with Gasteiger partial charge in [0.05, 0.1) is 23.9 Å². The highest BCUT2D eigenvalue weighted by Crippen LogP contribution is 2.43. The second-order valence-corrected chi connectivity index (χ2v) is 6.37. The van der Waals surface area contributed by atoms with Crippen molar-refractivity contribution in [2.45, 2.75) is 76.5 Å². The van der Waals surface area contributed by atoms with E-state index in [1.807, 2.05) is 4.68 Å². The summed E-state index contributed by atoms with van der Waals surface area (Å²) in [5.41, 5.74) is 7.12. The van der Waals surface area contributed by atoms with Gasteiger partial charge in [-0.1, -0.05) is 31.9 Å². The Kier molecular flexibility index (Phi) is 3.25. The molecule has 1 aliphatic heterocycles. The van der Waals surface area contributed by atoms with Crippen molar-refractivity contribution >= 4 is 5.82 Å². The van der Waals surface area contributed by atoms with Crippen LogP contribution in [0.5, 0.6) is 0 Å². The van der Waals surface area contributed by atoms with Crippen LogP contribution in [0.15, 0.2) is 0 Å². The zero-order valence-electron chi connectivity index (χ0n) is 11.9. The number of aromatic nitrogens is 3. The van der Waals surface area contributed by atoms with Gasteiger partial charge in [-0.05, 0) is 31.6 Å². The summed E-state index contributed by atoms with van der Waals surface area (Å²) in [6.45, 7) is 5.04. The van der Waals surface area contributed by atoms with E-state index in [0.29, 0.717) is 11.7 Å². The number of hydrogen-bond donors (Lipinski definition) is 1. The fourth-order valence-corrected chi connectivity index (χ4v) is 3.67. The van der Waals surface area contributed by atoms with Gasteiger partial charge >= 0.3 is 0 Å². The number of nitrogen functional groups attached to an aromatic ring is 1. The standard InChI is InChI=1S/C14H24N4O/c1-10(2)12-13(15)16-17-18(12)9-11-5-8-14(19-11)6-3-4-7-14/h10-11H,3-9,15H2,1-2H3. The third kappa shape index (κ3) is 2.36. The molecule has 1 atom stereocenters. The van der Waals surface area contributed by atoms with Crippen molar-refractivity contribution in [1.82, 2.24) is 15.0 Å². The normalized spacial score (nSPS) is 25.7. The van der Waals surface area contributed by atoms with E-state index < -0.39 is 0 Å². The lowest BCUT2D eigenvalue weighted by molar-refractivity contribution is -0.0433. The highest BCUT2D eigenvalue weighted by molar-refractivity contribution is 5.35. The SMILES string of the molecule is CC(C)c1c(N)nnn1CC1CCC2(CCCC2)O1. The molecule has 106 valence electrons. The lowest BCUT2D eigenvalue weighted by Gasteiger charge is -2.24. The van der Waals surface area contributed by atoms with Crippen LogP contribution >= 0.6 is 0 Å². The minimum atomic E-state index is 0.189. The highest BCUT2D eigenvalue weighted by atomic mass is 16.5. The first-order valence-corrected chi connectivity index (χ1v) is 7.46. The zero-order valence-corrected chi connectivity index (χ0v) is 11.9. The van der Waals surface area contributed by atoms with E-state index in [2.05, 4.69) is 24.2 Å². The van der Waals surface area contributed by atoms with Gasteiger partial charge in [0.1, 0.15) is 0 Å². The van der Waals surface area contributed by atoms with Gasteiger partial charge in [0, 0.05) is 0 Å². The molecule has 0 bridgehead atoms. The first kappa shape index (κ1) is 12.9. The maximum atomic E-state index is 6.33. The number of hydrogen-bond acceptors (Lipinski definition) is 4. The second kappa shape index (κ2) is 4.78. The maximum absolute atomic E-state index is 6.33. The largest absolute Gasteiger partial charge is 0.381 e. The lowest BCUT2D eigenvalue weighted by Crippen LogP contribution is -2.27. The van der Waals surface area contributed by atoms with Crippen molar-refractivity contribution in [3.63, 3.8) is 0 Å². The molecule has 1 saturated heterocycles. The molecule has 1 unspecified atom stereocenters. The Hall–Kier alpha value is -1.10. The molecule has 1 spiro atoms. The summed E-state index contributed by atoms with van der Waals surface area (Å²) in [5.74, 6) is 0.903. The predicted molar refractivity (Wildman–Crippen MR) is 73.8 cm³/mol. The van der Waals surface area contributed by atoms with Gasteiger partial charge in [0.2, 0.25) is 0 Å².